The number of rotatable bonds is 3. The van der Waals surface area contributed by atoms with Gasteiger partial charge in [0.25, 0.3) is 0 Å². The smallest absolute Gasteiger partial charge is 0.410 e. The molecule has 5 nitrogen and oxygen atoms in total. The van der Waals surface area contributed by atoms with Crippen LogP contribution in [0.4, 0.5) is 4.79 Å². The van der Waals surface area contributed by atoms with Crippen LogP contribution >= 0.6 is 0 Å². The highest BCUT2D eigenvalue weighted by Gasteiger charge is 2.33. The Morgan fingerprint density at radius 2 is 2.00 bits per heavy atom. The van der Waals surface area contributed by atoms with Crippen molar-refractivity contribution in [1.82, 2.24) is 4.90 Å². The van der Waals surface area contributed by atoms with Crippen molar-refractivity contribution in [1.29, 1.82) is 0 Å². The van der Waals surface area contributed by atoms with Crippen molar-refractivity contribution in [3.05, 3.63) is 0 Å². The zero-order valence-electron chi connectivity index (χ0n) is 10.8. The number of hydrogen-bond donors (Lipinski definition) is 2. The van der Waals surface area contributed by atoms with Crippen molar-refractivity contribution >= 4 is 6.09 Å². The quantitative estimate of drug-likeness (QED) is 0.773. The lowest BCUT2D eigenvalue weighted by molar-refractivity contribution is 0.0270. The van der Waals surface area contributed by atoms with Crippen molar-refractivity contribution in [2.24, 2.45) is 11.8 Å². The molecule has 0 radical (unpaired) electrons. The Morgan fingerprint density at radius 1 is 1.41 bits per heavy atom. The molecule has 0 bridgehead atoms. The number of hydrogen-bond acceptors (Lipinski definition) is 4. The first-order chi connectivity index (χ1) is 7.87. The lowest BCUT2D eigenvalue weighted by atomic mass is 9.93. The maximum atomic E-state index is 11.8. The van der Waals surface area contributed by atoms with E-state index in [-0.39, 0.29) is 31.1 Å². The van der Waals surface area contributed by atoms with E-state index in [1.165, 1.54) is 0 Å². The van der Waals surface area contributed by atoms with Crippen LogP contribution in [-0.4, -0.2) is 53.1 Å². The summed E-state index contributed by atoms with van der Waals surface area (Å²) in [6.07, 6.45) is 0.500. The number of nitrogens with zero attached hydrogens (tertiary/aromatic N) is 1. The first-order valence-electron chi connectivity index (χ1n) is 6.07. The lowest BCUT2D eigenvalue weighted by Crippen LogP contribution is -2.36. The van der Waals surface area contributed by atoms with Crippen LogP contribution < -0.4 is 0 Å². The van der Waals surface area contributed by atoms with Crippen molar-refractivity contribution in [2.75, 3.05) is 26.3 Å². The van der Waals surface area contributed by atoms with Gasteiger partial charge in [0.05, 0.1) is 0 Å². The fraction of sp³-hybridized carbons (Fsp3) is 0.917. The molecule has 0 spiro atoms. The molecule has 1 amide bonds. The predicted molar refractivity (Wildman–Crippen MR) is 63.6 cm³/mol. The van der Waals surface area contributed by atoms with Crippen LogP contribution in [0.2, 0.25) is 0 Å². The van der Waals surface area contributed by atoms with Gasteiger partial charge in [-0.1, -0.05) is 0 Å². The van der Waals surface area contributed by atoms with Gasteiger partial charge in [-0.15, -0.1) is 0 Å². The van der Waals surface area contributed by atoms with E-state index in [9.17, 15) is 4.79 Å². The molecule has 1 heterocycles. The summed E-state index contributed by atoms with van der Waals surface area (Å²) in [6, 6.07) is 0. The monoisotopic (exact) mass is 245 g/mol. The van der Waals surface area contributed by atoms with Crippen LogP contribution in [0.25, 0.3) is 0 Å². The van der Waals surface area contributed by atoms with E-state index >= 15 is 0 Å². The number of ether oxygens (including phenoxy) is 1. The molecular weight excluding hydrogens is 222 g/mol. The second-order valence-corrected chi connectivity index (χ2v) is 5.60. The third kappa shape index (κ3) is 4.16. The van der Waals surface area contributed by atoms with Crippen LogP contribution in [0.15, 0.2) is 0 Å². The zero-order valence-corrected chi connectivity index (χ0v) is 10.8. The second-order valence-electron chi connectivity index (χ2n) is 5.60. The van der Waals surface area contributed by atoms with Crippen LogP contribution in [0, 0.1) is 11.8 Å². The molecule has 5 heteroatoms. The van der Waals surface area contributed by atoms with Crippen LogP contribution in [0.3, 0.4) is 0 Å². The molecule has 0 aliphatic carbocycles. The normalized spacial score (nSPS) is 21.1. The standard InChI is InChI=1S/C12H23NO4/c1-12(2,3)17-11(16)13-5-4-9(6-13)10(7-14)8-15/h9-10,14-15H,4-8H2,1-3H3. The Kier molecular flexibility index (Phi) is 4.77. The maximum Gasteiger partial charge on any atom is 0.410 e. The molecule has 1 aliphatic heterocycles. The second kappa shape index (κ2) is 5.69. The third-order valence-corrected chi connectivity index (χ3v) is 3.01. The number of carbonyl (C=O) groups excluding carboxylic acids is 1. The van der Waals surface area contributed by atoms with Crippen molar-refractivity contribution < 1.29 is 19.7 Å². The van der Waals surface area contributed by atoms with Crippen molar-refractivity contribution in [3.63, 3.8) is 0 Å². The molecule has 0 aromatic rings. The van der Waals surface area contributed by atoms with Gasteiger partial charge < -0.3 is 19.8 Å². The van der Waals surface area contributed by atoms with Gasteiger partial charge in [-0.05, 0) is 33.1 Å². The van der Waals surface area contributed by atoms with Crippen molar-refractivity contribution in [2.45, 2.75) is 32.8 Å². The minimum Gasteiger partial charge on any atom is -0.444 e. The summed E-state index contributed by atoms with van der Waals surface area (Å²) in [5, 5.41) is 18.2. The SMILES string of the molecule is CC(C)(C)OC(=O)N1CCC(C(CO)CO)C1. The van der Waals surface area contributed by atoms with Gasteiger partial charge in [-0.25, -0.2) is 4.79 Å². The highest BCUT2D eigenvalue weighted by atomic mass is 16.6. The summed E-state index contributed by atoms with van der Waals surface area (Å²) in [5.74, 6) is 0.0277. The molecule has 1 fully saturated rings. The van der Waals surface area contributed by atoms with E-state index in [1.807, 2.05) is 20.8 Å². The minimum atomic E-state index is -0.484. The van der Waals surface area contributed by atoms with Gasteiger partial charge in [0.2, 0.25) is 0 Å². The first kappa shape index (κ1) is 14.3. The fourth-order valence-corrected chi connectivity index (χ4v) is 2.02. The van der Waals surface area contributed by atoms with Crippen LogP contribution in [0.5, 0.6) is 0 Å². The molecule has 1 saturated heterocycles. The Bertz CT molecular complexity index is 258. The summed E-state index contributed by atoms with van der Waals surface area (Å²) < 4.78 is 5.28. The van der Waals surface area contributed by atoms with Crippen LogP contribution in [-0.2, 0) is 4.74 Å². The minimum absolute atomic E-state index is 0.0384. The average Bonchev–Trinajstić information content (AvgIpc) is 2.66. The molecule has 1 unspecified atom stereocenters. The fourth-order valence-electron chi connectivity index (χ4n) is 2.02. The largest absolute Gasteiger partial charge is 0.444 e. The Labute approximate surface area is 102 Å². The third-order valence-electron chi connectivity index (χ3n) is 3.01. The highest BCUT2D eigenvalue weighted by Crippen LogP contribution is 2.25. The van der Waals surface area contributed by atoms with Gasteiger partial charge in [0.1, 0.15) is 5.60 Å². The molecule has 1 atom stereocenters. The highest BCUT2D eigenvalue weighted by molar-refractivity contribution is 5.68. The number of likely N-dealkylation sites (tertiary alicyclic amines) is 1. The molecule has 0 aromatic carbocycles. The average molecular weight is 245 g/mol. The molecular formula is C12H23NO4. The summed E-state index contributed by atoms with van der Waals surface area (Å²) in [6.45, 7) is 6.62. The van der Waals surface area contributed by atoms with E-state index < -0.39 is 5.60 Å². The molecule has 0 aromatic heterocycles. The van der Waals surface area contributed by atoms with E-state index in [2.05, 4.69) is 0 Å². The predicted octanol–water partition coefficient (Wildman–Crippen LogP) is 0.844. The first-order valence-corrected chi connectivity index (χ1v) is 6.07. The van der Waals surface area contributed by atoms with Gasteiger partial charge >= 0.3 is 6.09 Å². The summed E-state index contributed by atoms with van der Waals surface area (Å²) in [7, 11) is 0. The van der Waals surface area contributed by atoms with Gasteiger partial charge in [0.15, 0.2) is 0 Å². The van der Waals surface area contributed by atoms with E-state index in [0.29, 0.717) is 13.1 Å². The van der Waals surface area contributed by atoms with Crippen molar-refractivity contribution in [3.8, 4) is 0 Å². The molecule has 2 N–H and O–H groups in total. The topological polar surface area (TPSA) is 70.0 Å². The Balaban J connectivity index is 2.47. The van der Waals surface area contributed by atoms with E-state index in [0.717, 1.165) is 6.42 Å². The Hall–Kier alpha value is -0.810. The molecule has 0 saturated carbocycles. The van der Waals surface area contributed by atoms with Crippen LogP contribution in [0.1, 0.15) is 27.2 Å². The summed E-state index contributed by atoms with van der Waals surface area (Å²) in [4.78, 5) is 13.4. The van der Waals surface area contributed by atoms with E-state index in [4.69, 9.17) is 14.9 Å². The Morgan fingerprint density at radius 3 is 2.47 bits per heavy atom. The number of aliphatic hydroxyl groups is 2. The zero-order chi connectivity index (χ0) is 13.1. The molecule has 1 aliphatic rings. The lowest BCUT2D eigenvalue weighted by Gasteiger charge is -2.25. The number of carbonyl (C=O) groups is 1. The summed E-state index contributed by atoms with van der Waals surface area (Å²) >= 11 is 0. The summed E-state index contributed by atoms with van der Waals surface area (Å²) in [5.41, 5.74) is -0.484. The molecule has 1 rings (SSSR count). The van der Waals surface area contributed by atoms with Gasteiger partial charge in [-0.3, -0.25) is 0 Å². The molecule has 100 valence electrons. The van der Waals surface area contributed by atoms with E-state index in [1.54, 1.807) is 4.90 Å². The maximum absolute atomic E-state index is 11.8. The number of aliphatic hydroxyl groups excluding tert-OH is 2. The number of amides is 1. The molecule has 17 heavy (non-hydrogen) atoms. The van der Waals surface area contributed by atoms with Gasteiger partial charge in [-0.2, -0.15) is 0 Å². The van der Waals surface area contributed by atoms with Gasteiger partial charge in [0, 0.05) is 32.2 Å².